The molecule has 7 nitrogen and oxygen atoms in total. The average molecular weight is 403 g/mol. The van der Waals surface area contributed by atoms with Crippen LogP contribution < -0.4 is 4.72 Å². The van der Waals surface area contributed by atoms with E-state index < -0.39 is 10.0 Å². The Morgan fingerprint density at radius 3 is 2.86 bits per heavy atom. The van der Waals surface area contributed by atoms with Gasteiger partial charge in [-0.2, -0.15) is 5.10 Å². The number of aryl methyl sites for hydroxylation is 1. The lowest BCUT2D eigenvalue weighted by molar-refractivity contribution is -0.0581. The highest BCUT2D eigenvalue weighted by molar-refractivity contribution is 7.89. The molecule has 3 atom stereocenters. The summed E-state index contributed by atoms with van der Waals surface area (Å²) in [7, 11) is -3.61. The zero-order chi connectivity index (χ0) is 19.3. The Balaban J connectivity index is 1.32. The molecule has 3 fully saturated rings. The highest BCUT2D eigenvalue weighted by Gasteiger charge is 2.43. The number of sulfonamides is 1. The second-order valence-corrected chi connectivity index (χ2v) is 9.95. The Bertz CT molecular complexity index is 956. The van der Waals surface area contributed by atoms with Gasteiger partial charge in [-0.15, -0.1) is 0 Å². The molecule has 0 bridgehead atoms. The lowest BCUT2D eigenvalue weighted by atomic mass is 10.1. The van der Waals surface area contributed by atoms with Gasteiger partial charge in [-0.05, 0) is 55.9 Å². The third kappa shape index (κ3) is 3.50. The van der Waals surface area contributed by atoms with Gasteiger partial charge < -0.3 is 4.74 Å². The molecule has 1 aromatic carbocycles. The van der Waals surface area contributed by atoms with Crippen LogP contribution in [-0.4, -0.2) is 61.0 Å². The summed E-state index contributed by atoms with van der Waals surface area (Å²) in [6.07, 6.45) is 7.15. The first-order chi connectivity index (χ1) is 13.5. The number of fused-ring (bicyclic) bond motifs is 1. The quantitative estimate of drug-likeness (QED) is 0.824. The van der Waals surface area contributed by atoms with E-state index in [2.05, 4.69) is 14.7 Å². The molecule has 1 aliphatic carbocycles. The van der Waals surface area contributed by atoms with E-state index in [1.54, 1.807) is 23.1 Å². The second-order valence-electron chi connectivity index (χ2n) is 8.27. The first-order valence-electron chi connectivity index (χ1n) is 9.98. The van der Waals surface area contributed by atoms with Crippen LogP contribution in [0.25, 0.3) is 5.69 Å². The van der Waals surface area contributed by atoms with E-state index in [4.69, 9.17) is 4.74 Å². The lowest BCUT2D eigenvalue weighted by Gasteiger charge is -2.35. The molecular formula is C20H26N4O3S. The van der Waals surface area contributed by atoms with Crippen molar-refractivity contribution < 1.29 is 13.2 Å². The van der Waals surface area contributed by atoms with Crippen LogP contribution >= 0.6 is 0 Å². The Kier molecular flexibility index (Phi) is 4.54. The van der Waals surface area contributed by atoms with Crippen LogP contribution in [0.4, 0.5) is 0 Å². The van der Waals surface area contributed by atoms with Gasteiger partial charge in [0.15, 0.2) is 0 Å². The fourth-order valence-electron chi connectivity index (χ4n) is 4.46. The average Bonchev–Trinajstić information content (AvgIpc) is 3.22. The number of benzene rings is 1. The Hall–Kier alpha value is -1.74. The second kappa shape index (κ2) is 6.95. The number of hydrogen-bond donors (Lipinski definition) is 1. The Labute approximate surface area is 165 Å². The molecule has 1 N–H and O–H groups in total. The zero-order valence-electron chi connectivity index (χ0n) is 16.0. The van der Waals surface area contributed by atoms with Crippen molar-refractivity contribution in [3.05, 3.63) is 42.2 Å². The van der Waals surface area contributed by atoms with Gasteiger partial charge in [0.05, 0.1) is 23.3 Å². The topological polar surface area (TPSA) is 76.5 Å². The zero-order valence-corrected chi connectivity index (χ0v) is 16.8. The number of nitrogens with one attached hydrogen (secondary N) is 1. The highest BCUT2D eigenvalue weighted by Crippen LogP contribution is 2.38. The Morgan fingerprint density at radius 2 is 2.11 bits per heavy atom. The molecule has 0 amide bonds. The molecule has 3 heterocycles. The van der Waals surface area contributed by atoms with Crippen molar-refractivity contribution in [3.8, 4) is 5.69 Å². The summed E-state index contributed by atoms with van der Waals surface area (Å²) in [6, 6.07) is 7.46. The van der Waals surface area contributed by atoms with Crippen molar-refractivity contribution >= 4 is 10.0 Å². The molecule has 28 heavy (non-hydrogen) atoms. The molecule has 3 aliphatic rings. The first-order valence-corrected chi connectivity index (χ1v) is 11.5. The van der Waals surface area contributed by atoms with Gasteiger partial charge in [0.1, 0.15) is 0 Å². The van der Waals surface area contributed by atoms with Gasteiger partial charge in [-0.1, -0.05) is 6.07 Å². The summed E-state index contributed by atoms with van der Waals surface area (Å²) < 4.78 is 36.9. The SMILES string of the molecule is Cc1ccc(-n2cccn2)cc1S(=O)(=O)N[C@@H]1C[C@H]2CO[C@@H](C3CC3)CN2C1. The predicted octanol–water partition coefficient (Wildman–Crippen LogP) is 1.71. The van der Waals surface area contributed by atoms with Gasteiger partial charge in [-0.3, -0.25) is 4.90 Å². The van der Waals surface area contributed by atoms with E-state index >= 15 is 0 Å². The number of nitrogens with zero attached hydrogens (tertiary/aromatic N) is 3. The summed E-state index contributed by atoms with van der Waals surface area (Å²) in [4.78, 5) is 2.73. The van der Waals surface area contributed by atoms with Crippen molar-refractivity contribution in [1.29, 1.82) is 0 Å². The minimum atomic E-state index is -3.61. The number of rotatable bonds is 5. The normalized spacial score (nSPS) is 28.4. The van der Waals surface area contributed by atoms with Crippen molar-refractivity contribution in [3.63, 3.8) is 0 Å². The van der Waals surface area contributed by atoms with E-state index in [1.807, 2.05) is 25.1 Å². The molecule has 8 heteroatoms. The molecule has 150 valence electrons. The minimum Gasteiger partial charge on any atom is -0.375 e. The van der Waals surface area contributed by atoms with E-state index in [-0.39, 0.29) is 6.04 Å². The van der Waals surface area contributed by atoms with E-state index in [9.17, 15) is 8.42 Å². The van der Waals surface area contributed by atoms with Gasteiger partial charge in [0.2, 0.25) is 10.0 Å². The van der Waals surface area contributed by atoms with Gasteiger partial charge in [-0.25, -0.2) is 17.8 Å². The van der Waals surface area contributed by atoms with Crippen molar-refractivity contribution in [1.82, 2.24) is 19.4 Å². The summed E-state index contributed by atoms with van der Waals surface area (Å²) in [5.74, 6) is 0.712. The highest BCUT2D eigenvalue weighted by atomic mass is 32.2. The van der Waals surface area contributed by atoms with E-state index in [1.165, 1.54) is 12.8 Å². The van der Waals surface area contributed by atoms with Gasteiger partial charge in [0, 0.05) is 37.6 Å². The van der Waals surface area contributed by atoms with Crippen LogP contribution in [0, 0.1) is 12.8 Å². The van der Waals surface area contributed by atoms with Crippen LogP contribution in [0.2, 0.25) is 0 Å². The predicted molar refractivity (Wildman–Crippen MR) is 105 cm³/mol. The summed E-state index contributed by atoms with van der Waals surface area (Å²) in [6.45, 7) is 4.23. The van der Waals surface area contributed by atoms with Crippen LogP contribution in [-0.2, 0) is 14.8 Å². The standard InChI is InChI=1S/C20H26N4O3S/c1-14-3-6-17(24-8-2-7-21-24)10-20(14)28(25,26)22-16-9-18-13-27-19(15-4-5-15)12-23(18)11-16/h2-3,6-8,10,15-16,18-19,22H,4-5,9,11-13H2,1H3/t16-,18+,19-/m1/s1. The largest absolute Gasteiger partial charge is 0.375 e. The van der Waals surface area contributed by atoms with Crippen LogP contribution in [0.15, 0.2) is 41.6 Å². The van der Waals surface area contributed by atoms with Crippen LogP contribution in [0.1, 0.15) is 24.8 Å². The molecule has 1 aromatic heterocycles. The third-order valence-electron chi connectivity index (χ3n) is 6.14. The van der Waals surface area contributed by atoms with Crippen LogP contribution in [0.3, 0.4) is 0 Å². The maximum Gasteiger partial charge on any atom is 0.241 e. The maximum absolute atomic E-state index is 13.1. The molecular weight excluding hydrogens is 376 g/mol. The Morgan fingerprint density at radius 1 is 1.25 bits per heavy atom. The summed E-state index contributed by atoms with van der Waals surface area (Å²) in [5.41, 5.74) is 1.47. The molecule has 5 rings (SSSR count). The number of aromatic nitrogens is 2. The molecule has 0 unspecified atom stereocenters. The fraction of sp³-hybridized carbons (Fsp3) is 0.550. The fourth-order valence-corrected chi connectivity index (χ4v) is 5.97. The smallest absolute Gasteiger partial charge is 0.241 e. The third-order valence-corrected chi connectivity index (χ3v) is 7.81. The lowest BCUT2D eigenvalue weighted by Crippen LogP contribution is -2.47. The van der Waals surface area contributed by atoms with Gasteiger partial charge in [0.25, 0.3) is 0 Å². The van der Waals surface area contributed by atoms with Crippen molar-refractivity contribution in [2.24, 2.45) is 5.92 Å². The summed E-state index contributed by atoms with van der Waals surface area (Å²) >= 11 is 0. The molecule has 2 aromatic rings. The molecule has 2 aliphatic heterocycles. The van der Waals surface area contributed by atoms with Gasteiger partial charge >= 0.3 is 0 Å². The van der Waals surface area contributed by atoms with E-state index in [0.717, 1.165) is 30.8 Å². The minimum absolute atomic E-state index is 0.0793. The van der Waals surface area contributed by atoms with Crippen molar-refractivity contribution in [2.45, 2.75) is 49.3 Å². The first kappa shape index (κ1) is 18.3. The maximum atomic E-state index is 13.1. The number of ether oxygens (including phenoxy) is 1. The van der Waals surface area contributed by atoms with Crippen LogP contribution in [0.5, 0.6) is 0 Å². The summed E-state index contributed by atoms with van der Waals surface area (Å²) in [5, 5.41) is 4.20. The monoisotopic (exact) mass is 402 g/mol. The van der Waals surface area contributed by atoms with Crippen molar-refractivity contribution in [2.75, 3.05) is 19.7 Å². The number of hydrogen-bond acceptors (Lipinski definition) is 5. The van der Waals surface area contributed by atoms with E-state index in [0.29, 0.717) is 29.6 Å². The molecule has 2 saturated heterocycles. The molecule has 0 spiro atoms. The molecule has 0 radical (unpaired) electrons. The number of morpholine rings is 1. The molecule has 1 saturated carbocycles.